The average molecular weight is 584 g/mol. The standard InChI is InChI=1S/C41H29NO3/c1-43-31-17-21-34-27(24-31)15-19-36-39(37-20-16-28-25-32(44-2)18-22-35(28)41(37)42-40(34)36)29-10-8-9-26(23-29)33-13-6-7-14-38(33)45-30-11-4-3-5-12-30/h3-25H,1-2H3. The van der Waals surface area contributed by atoms with Crippen LogP contribution >= 0.6 is 0 Å². The number of hydrogen-bond acceptors (Lipinski definition) is 4. The summed E-state index contributed by atoms with van der Waals surface area (Å²) >= 11 is 0. The maximum atomic E-state index is 6.35. The molecule has 0 saturated heterocycles. The van der Waals surface area contributed by atoms with Crippen LogP contribution in [0.25, 0.3) is 65.6 Å². The minimum absolute atomic E-state index is 0.805. The van der Waals surface area contributed by atoms with Crippen LogP contribution in [0.15, 0.2) is 140 Å². The van der Waals surface area contributed by atoms with E-state index in [-0.39, 0.29) is 0 Å². The molecule has 8 rings (SSSR count). The third kappa shape index (κ3) is 4.68. The third-order valence-electron chi connectivity index (χ3n) is 8.48. The molecule has 0 atom stereocenters. The molecule has 0 saturated carbocycles. The van der Waals surface area contributed by atoms with Crippen LogP contribution in [0, 0.1) is 0 Å². The Labute approximate surface area is 261 Å². The number of methoxy groups -OCH3 is 2. The molecule has 0 unspecified atom stereocenters. The Morgan fingerprint density at radius 3 is 1.67 bits per heavy atom. The lowest BCUT2D eigenvalue weighted by Crippen LogP contribution is -1.93. The van der Waals surface area contributed by atoms with Crippen LogP contribution < -0.4 is 14.2 Å². The number of pyridine rings is 1. The zero-order chi connectivity index (χ0) is 30.3. The van der Waals surface area contributed by atoms with Gasteiger partial charge in [-0.05, 0) is 82.6 Å². The smallest absolute Gasteiger partial charge is 0.135 e. The van der Waals surface area contributed by atoms with Crippen molar-refractivity contribution in [3.8, 4) is 45.3 Å². The highest BCUT2D eigenvalue weighted by Crippen LogP contribution is 2.42. The van der Waals surface area contributed by atoms with E-state index in [1.165, 1.54) is 0 Å². The summed E-state index contributed by atoms with van der Waals surface area (Å²) in [5, 5.41) is 6.53. The Bertz CT molecular complexity index is 2280. The average Bonchev–Trinajstić information content (AvgIpc) is 3.10. The second kappa shape index (κ2) is 11.0. The van der Waals surface area contributed by atoms with Crippen LogP contribution in [0.1, 0.15) is 0 Å². The van der Waals surface area contributed by atoms with Gasteiger partial charge in [-0.3, -0.25) is 0 Å². The Kier molecular flexibility index (Phi) is 6.54. The van der Waals surface area contributed by atoms with Gasteiger partial charge in [-0.1, -0.05) is 78.9 Å². The minimum atomic E-state index is 0.805. The van der Waals surface area contributed by atoms with Gasteiger partial charge in [0.1, 0.15) is 23.0 Å². The van der Waals surface area contributed by atoms with Crippen molar-refractivity contribution < 1.29 is 14.2 Å². The van der Waals surface area contributed by atoms with Gasteiger partial charge >= 0.3 is 0 Å². The van der Waals surface area contributed by atoms with E-state index in [2.05, 4.69) is 84.9 Å². The number of aromatic nitrogens is 1. The molecule has 0 fully saturated rings. The number of hydrogen-bond donors (Lipinski definition) is 0. The largest absolute Gasteiger partial charge is 0.497 e. The summed E-state index contributed by atoms with van der Waals surface area (Å²) in [7, 11) is 3.39. The number of fused-ring (bicyclic) bond motifs is 6. The summed E-state index contributed by atoms with van der Waals surface area (Å²) < 4.78 is 17.4. The molecule has 0 bridgehead atoms. The molecule has 1 heterocycles. The van der Waals surface area contributed by atoms with E-state index < -0.39 is 0 Å². The van der Waals surface area contributed by atoms with Crippen molar-refractivity contribution in [3.05, 3.63) is 140 Å². The zero-order valence-corrected chi connectivity index (χ0v) is 25.0. The van der Waals surface area contributed by atoms with E-state index in [0.717, 1.165) is 88.6 Å². The van der Waals surface area contributed by atoms with Crippen molar-refractivity contribution in [2.75, 3.05) is 14.2 Å². The predicted molar refractivity (Wildman–Crippen MR) is 185 cm³/mol. The monoisotopic (exact) mass is 583 g/mol. The summed E-state index contributed by atoms with van der Waals surface area (Å²) in [4.78, 5) is 5.37. The number of para-hydroxylation sites is 2. The van der Waals surface area contributed by atoms with Gasteiger partial charge in [0.05, 0.1) is 25.3 Å². The van der Waals surface area contributed by atoms with Gasteiger partial charge in [0, 0.05) is 32.7 Å². The lowest BCUT2D eigenvalue weighted by atomic mass is 9.91. The summed E-state index contributed by atoms with van der Waals surface area (Å²) in [6.45, 7) is 0. The molecule has 0 aliphatic heterocycles. The van der Waals surface area contributed by atoms with Gasteiger partial charge in [0.25, 0.3) is 0 Å². The molecule has 0 aliphatic carbocycles. The molecule has 8 aromatic rings. The first-order valence-electron chi connectivity index (χ1n) is 14.9. The van der Waals surface area contributed by atoms with Gasteiger partial charge in [-0.25, -0.2) is 4.98 Å². The molecule has 7 aromatic carbocycles. The summed E-state index contributed by atoms with van der Waals surface area (Å²) in [5.41, 5.74) is 6.28. The quantitative estimate of drug-likeness (QED) is 0.144. The molecule has 0 N–H and O–H groups in total. The summed E-state index contributed by atoms with van der Waals surface area (Å²) in [5.74, 6) is 3.26. The Balaban J connectivity index is 1.40. The Hall–Kier alpha value is -5.87. The Morgan fingerprint density at radius 2 is 1.02 bits per heavy atom. The molecule has 0 radical (unpaired) electrons. The van der Waals surface area contributed by atoms with Crippen LogP contribution in [0.5, 0.6) is 23.0 Å². The Morgan fingerprint density at radius 1 is 0.444 bits per heavy atom. The van der Waals surface area contributed by atoms with E-state index in [1.54, 1.807) is 14.2 Å². The fourth-order valence-electron chi connectivity index (χ4n) is 6.30. The molecule has 0 spiro atoms. The summed E-state index contributed by atoms with van der Waals surface area (Å²) in [6, 6.07) is 47.9. The molecular weight excluding hydrogens is 554 g/mol. The maximum Gasteiger partial charge on any atom is 0.135 e. The lowest BCUT2D eigenvalue weighted by Gasteiger charge is -2.17. The van der Waals surface area contributed by atoms with Crippen molar-refractivity contribution in [1.82, 2.24) is 4.98 Å². The van der Waals surface area contributed by atoms with Gasteiger partial charge in [-0.2, -0.15) is 0 Å². The summed E-state index contributed by atoms with van der Waals surface area (Å²) in [6.07, 6.45) is 0. The van der Waals surface area contributed by atoms with Crippen LogP contribution in [0.2, 0.25) is 0 Å². The van der Waals surface area contributed by atoms with Crippen LogP contribution in [-0.4, -0.2) is 19.2 Å². The minimum Gasteiger partial charge on any atom is -0.497 e. The van der Waals surface area contributed by atoms with Crippen molar-refractivity contribution in [2.24, 2.45) is 0 Å². The fraction of sp³-hybridized carbons (Fsp3) is 0.0488. The van der Waals surface area contributed by atoms with Gasteiger partial charge in [-0.15, -0.1) is 0 Å². The maximum absolute atomic E-state index is 6.35. The number of benzene rings is 7. The molecule has 0 aliphatic rings. The molecule has 45 heavy (non-hydrogen) atoms. The van der Waals surface area contributed by atoms with Crippen molar-refractivity contribution in [3.63, 3.8) is 0 Å². The second-order valence-corrected chi connectivity index (χ2v) is 11.1. The lowest BCUT2D eigenvalue weighted by molar-refractivity contribution is 0.415. The van der Waals surface area contributed by atoms with Crippen LogP contribution in [-0.2, 0) is 0 Å². The van der Waals surface area contributed by atoms with E-state index in [1.807, 2.05) is 54.6 Å². The second-order valence-electron chi connectivity index (χ2n) is 11.1. The normalized spacial score (nSPS) is 11.3. The molecule has 4 nitrogen and oxygen atoms in total. The number of nitrogens with zero attached hydrogens (tertiary/aromatic N) is 1. The molecular formula is C41H29NO3. The predicted octanol–water partition coefficient (Wildman–Crippen LogP) is 10.8. The first-order valence-corrected chi connectivity index (χ1v) is 14.9. The van der Waals surface area contributed by atoms with Gasteiger partial charge < -0.3 is 14.2 Å². The SMILES string of the molecule is COc1ccc2c(ccc3c(-c4cccc(-c5ccccc5Oc5ccccc5)c4)c4ccc5cc(OC)ccc5c4nc32)c1. The molecule has 0 amide bonds. The molecule has 1 aromatic heterocycles. The third-order valence-corrected chi connectivity index (χ3v) is 8.48. The number of rotatable bonds is 6. The highest BCUT2D eigenvalue weighted by Gasteiger charge is 2.17. The first kappa shape index (κ1) is 26.7. The first-order chi connectivity index (χ1) is 22.2. The van der Waals surface area contributed by atoms with Crippen LogP contribution in [0.3, 0.4) is 0 Å². The van der Waals surface area contributed by atoms with Crippen LogP contribution in [0.4, 0.5) is 0 Å². The van der Waals surface area contributed by atoms with Crippen molar-refractivity contribution in [2.45, 2.75) is 0 Å². The highest BCUT2D eigenvalue weighted by molar-refractivity contribution is 6.21. The highest BCUT2D eigenvalue weighted by atomic mass is 16.5. The topological polar surface area (TPSA) is 40.6 Å². The van der Waals surface area contributed by atoms with Gasteiger partial charge in [0.2, 0.25) is 0 Å². The van der Waals surface area contributed by atoms with E-state index >= 15 is 0 Å². The van der Waals surface area contributed by atoms with E-state index in [9.17, 15) is 0 Å². The zero-order valence-electron chi connectivity index (χ0n) is 25.0. The number of ether oxygens (including phenoxy) is 3. The van der Waals surface area contributed by atoms with E-state index in [0.29, 0.717) is 0 Å². The van der Waals surface area contributed by atoms with E-state index in [4.69, 9.17) is 19.2 Å². The van der Waals surface area contributed by atoms with Crippen molar-refractivity contribution >= 4 is 43.4 Å². The fourth-order valence-corrected chi connectivity index (χ4v) is 6.30. The van der Waals surface area contributed by atoms with Gasteiger partial charge in [0.15, 0.2) is 0 Å². The van der Waals surface area contributed by atoms with Crippen molar-refractivity contribution in [1.29, 1.82) is 0 Å². The molecule has 4 heteroatoms. The molecule has 216 valence electrons.